The van der Waals surface area contributed by atoms with E-state index >= 15 is 0 Å². The first-order valence-corrected chi connectivity index (χ1v) is 7.23. The lowest BCUT2D eigenvalue weighted by Gasteiger charge is -2.05. The van der Waals surface area contributed by atoms with Crippen molar-refractivity contribution >= 4 is 39.1 Å². The van der Waals surface area contributed by atoms with E-state index in [1.165, 1.54) is 18.3 Å². The molecule has 0 aliphatic carbocycles. The Morgan fingerprint density at radius 1 is 1.53 bits per heavy atom. The summed E-state index contributed by atoms with van der Waals surface area (Å²) >= 11 is 7.45. The van der Waals surface area contributed by atoms with Gasteiger partial charge in [0.25, 0.3) is 0 Å². The quantitative estimate of drug-likeness (QED) is 0.815. The number of benzene rings is 1. The zero-order chi connectivity index (χ0) is 13.8. The van der Waals surface area contributed by atoms with Crippen LogP contribution in [0.4, 0.5) is 0 Å². The van der Waals surface area contributed by atoms with E-state index in [-0.39, 0.29) is 5.91 Å². The van der Waals surface area contributed by atoms with E-state index in [1.807, 2.05) is 29.7 Å². The van der Waals surface area contributed by atoms with Crippen LogP contribution >= 0.6 is 22.9 Å². The van der Waals surface area contributed by atoms with Gasteiger partial charge in [-0.2, -0.15) is 4.99 Å². The maximum absolute atomic E-state index is 11.2. The van der Waals surface area contributed by atoms with Gasteiger partial charge in [-0.15, -0.1) is 0 Å². The molecule has 0 bridgehead atoms. The number of ether oxygens (including phenoxy) is 1. The molecule has 0 aliphatic heterocycles. The molecule has 6 heteroatoms. The second-order valence-electron chi connectivity index (χ2n) is 3.98. The highest BCUT2D eigenvalue weighted by Crippen LogP contribution is 2.21. The summed E-state index contributed by atoms with van der Waals surface area (Å²) in [5.41, 5.74) is 1.02. The van der Waals surface area contributed by atoms with Crippen molar-refractivity contribution in [3.8, 4) is 0 Å². The molecule has 2 rings (SSSR count). The van der Waals surface area contributed by atoms with Crippen LogP contribution in [0.2, 0.25) is 5.02 Å². The molecule has 19 heavy (non-hydrogen) atoms. The third-order valence-corrected chi connectivity index (χ3v) is 3.84. The number of amides is 1. The van der Waals surface area contributed by atoms with E-state index < -0.39 is 0 Å². The monoisotopic (exact) mass is 298 g/mol. The van der Waals surface area contributed by atoms with Gasteiger partial charge < -0.3 is 9.30 Å². The van der Waals surface area contributed by atoms with Crippen molar-refractivity contribution in [2.24, 2.45) is 4.99 Å². The fraction of sp³-hybridized carbons (Fsp3) is 0.385. The standard InChI is InChI=1S/C13H15ClN2O2S/c1-3-18-7-6-16-11-5-4-10(14)8-12(11)19-13(16)15-9(2)17/h4-5,8H,3,6-7H2,1-2H3. The largest absolute Gasteiger partial charge is 0.380 e. The van der Waals surface area contributed by atoms with Gasteiger partial charge in [0.15, 0.2) is 4.80 Å². The first-order chi connectivity index (χ1) is 9.11. The number of nitrogens with zero attached hydrogens (tertiary/aromatic N) is 2. The second-order valence-corrected chi connectivity index (χ2v) is 5.42. The average molecular weight is 299 g/mol. The van der Waals surface area contributed by atoms with Gasteiger partial charge in [0.2, 0.25) is 5.91 Å². The van der Waals surface area contributed by atoms with Crippen LogP contribution in [0.25, 0.3) is 10.2 Å². The van der Waals surface area contributed by atoms with Crippen LogP contribution in [-0.4, -0.2) is 23.7 Å². The van der Waals surface area contributed by atoms with Gasteiger partial charge in [-0.05, 0) is 25.1 Å². The molecule has 1 amide bonds. The van der Waals surface area contributed by atoms with Crippen LogP contribution in [0.1, 0.15) is 13.8 Å². The Labute approximate surface area is 120 Å². The summed E-state index contributed by atoms with van der Waals surface area (Å²) in [6.45, 7) is 5.34. The molecule has 0 aliphatic rings. The molecule has 1 aromatic carbocycles. The van der Waals surface area contributed by atoms with Crippen molar-refractivity contribution in [3.05, 3.63) is 28.0 Å². The highest BCUT2D eigenvalue weighted by Gasteiger charge is 2.07. The van der Waals surface area contributed by atoms with Crippen molar-refractivity contribution in [2.75, 3.05) is 13.2 Å². The van der Waals surface area contributed by atoms with Gasteiger partial charge in [0.05, 0.1) is 16.8 Å². The van der Waals surface area contributed by atoms with Gasteiger partial charge in [-0.25, -0.2) is 0 Å². The second kappa shape index (κ2) is 6.32. The van der Waals surface area contributed by atoms with Crippen LogP contribution in [-0.2, 0) is 16.1 Å². The summed E-state index contributed by atoms with van der Waals surface area (Å²) in [5, 5.41) is 0.681. The number of fused-ring (bicyclic) bond motifs is 1. The molecule has 1 heterocycles. The summed E-state index contributed by atoms with van der Waals surface area (Å²) in [6, 6.07) is 5.67. The van der Waals surface area contributed by atoms with Crippen molar-refractivity contribution in [2.45, 2.75) is 20.4 Å². The Kier molecular flexibility index (Phi) is 4.74. The minimum absolute atomic E-state index is 0.206. The van der Waals surface area contributed by atoms with Crippen LogP contribution in [0.3, 0.4) is 0 Å². The van der Waals surface area contributed by atoms with Crippen LogP contribution < -0.4 is 4.80 Å². The lowest BCUT2D eigenvalue weighted by Crippen LogP contribution is -2.19. The third kappa shape index (κ3) is 3.43. The zero-order valence-corrected chi connectivity index (χ0v) is 12.4. The summed E-state index contributed by atoms with van der Waals surface area (Å²) in [4.78, 5) is 15.9. The van der Waals surface area contributed by atoms with Crippen LogP contribution in [0.5, 0.6) is 0 Å². The van der Waals surface area contributed by atoms with E-state index in [9.17, 15) is 4.79 Å². The fourth-order valence-corrected chi connectivity index (χ4v) is 3.16. The van der Waals surface area contributed by atoms with Gasteiger partial charge in [0.1, 0.15) is 0 Å². The Hall–Kier alpha value is -1.17. The van der Waals surface area contributed by atoms with E-state index in [4.69, 9.17) is 16.3 Å². The average Bonchev–Trinajstić information content (AvgIpc) is 2.66. The van der Waals surface area contributed by atoms with Crippen molar-refractivity contribution in [1.29, 1.82) is 0 Å². The normalized spacial score (nSPS) is 12.3. The summed E-state index contributed by atoms with van der Waals surface area (Å²) in [7, 11) is 0. The maximum atomic E-state index is 11.2. The molecule has 0 spiro atoms. The van der Waals surface area contributed by atoms with E-state index in [2.05, 4.69) is 4.99 Å². The van der Waals surface area contributed by atoms with Crippen LogP contribution in [0.15, 0.2) is 23.2 Å². The summed E-state index contributed by atoms with van der Waals surface area (Å²) in [5.74, 6) is -0.206. The topological polar surface area (TPSA) is 43.6 Å². The SMILES string of the molecule is CCOCCn1c(=NC(C)=O)sc2cc(Cl)ccc21. The number of carbonyl (C=O) groups excluding carboxylic acids is 1. The number of hydrogen-bond acceptors (Lipinski definition) is 3. The molecule has 102 valence electrons. The minimum atomic E-state index is -0.206. The number of hydrogen-bond donors (Lipinski definition) is 0. The van der Waals surface area contributed by atoms with E-state index in [1.54, 1.807) is 0 Å². The summed E-state index contributed by atoms with van der Waals surface area (Å²) in [6.07, 6.45) is 0. The molecular formula is C13H15ClN2O2S. The number of thiazole rings is 1. The molecule has 1 aromatic heterocycles. The van der Waals surface area contributed by atoms with Gasteiger partial charge in [-0.1, -0.05) is 22.9 Å². The molecule has 0 fully saturated rings. The lowest BCUT2D eigenvalue weighted by atomic mass is 10.3. The molecule has 0 saturated heterocycles. The maximum Gasteiger partial charge on any atom is 0.245 e. The molecule has 2 aromatic rings. The molecule has 4 nitrogen and oxygen atoms in total. The van der Waals surface area contributed by atoms with Gasteiger partial charge >= 0.3 is 0 Å². The molecule has 0 atom stereocenters. The number of rotatable bonds is 4. The zero-order valence-electron chi connectivity index (χ0n) is 10.9. The minimum Gasteiger partial charge on any atom is -0.380 e. The van der Waals surface area contributed by atoms with Crippen LogP contribution in [0, 0.1) is 0 Å². The highest BCUT2D eigenvalue weighted by molar-refractivity contribution is 7.16. The van der Waals surface area contributed by atoms with Gasteiger partial charge in [-0.3, -0.25) is 4.79 Å². The predicted octanol–water partition coefficient (Wildman–Crippen LogP) is 2.84. The summed E-state index contributed by atoms with van der Waals surface area (Å²) < 4.78 is 8.38. The predicted molar refractivity (Wildman–Crippen MR) is 77.6 cm³/mol. The van der Waals surface area contributed by atoms with E-state index in [0.29, 0.717) is 29.6 Å². The molecule has 0 unspecified atom stereocenters. The first kappa shape index (κ1) is 14.2. The molecular weight excluding hydrogens is 284 g/mol. The van der Waals surface area contributed by atoms with Crippen molar-refractivity contribution in [1.82, 2.24) is 4.57 Å². The Bertz CT molecular complexity index is 660. The lowest BCUT2D eigenvalue weighted by molar-refractivity contribution is -0.116. The molecule has 0 N–H and O–H groups in total. The number of carbonyl (C=O) groups is 1. The van der Waals surface area contributed by atoms with Gasteiger partial charge in [0, 0.05) is 25.1 Å². The van der Waals surface area contributed by atoms with Crippen molar-refractivity contribution < 1.29 is 9.53 Å². The third-order valence-electron chi connectivity index (χ3n) is 2.56. The Balaban J connectivity index is 2.52. The Morgan fingerprint density at radius 2 is 2.32 bits per heavy atom. The van der Waals surface area contributed by atoms with E-state index in [0.717, 1.165) is 10.2 Å². The highest BCUT2D eigenvalue weighted by atomic mass is 35.5. The Morgan fingerprint density at radius 3 is 3.00 bits per heavy atom. The van der Waals surface area contributed by atoms with Crippen molar-refractivity contribution in [3.63, 3.8) is 0 Å². The smallest absolute Gasteiger partial charge is 0.245 e. The molecule has 0 radical (unpaired) electrons. The number of halogens is 1. The fourth-order valence-electron chi connectivity index (χ4n) is 1.78. The number of aromatic nitrogens is 1. The molecule has 0 saturated carbocycles. The first-order valence-electron chi connectivity index (χ1n) is 6.03.